The maximum absolute atomic E-state index is 12.3. The van der Waals surface area contributed by atoms with Gasteiger partial charge in [0.25, 0.3) is 0 Å². The standard InChI is InChI=1S/C14H15ClN2O4/c15-8-1-4-12(11(5-8)13(18)19)16-14(20)17-6-9-2-3-10(7-17)21-9/h1,4-5,9-10H,2-3,6-7H2,(H,16,20)(H,18,19). The Hall–Kier alpha value is -1.79. The zero-order chi connectivity index (χ0) is 15.0. The van der Waals surface area contributed by atoms with Crippen LogP contribution >= 0.6 is 11.6 Å². The van der Waals surface area contributed by atoms with Gasteiger partial charge in [0.2, 0.25) is 0 Å². The van der Waals surface area contributed by atoms with Gasteiger partial charge in [-0.1, -0.05) is 11.6 Å². The van der Waals surface area contributed by atoms with Gasteiger partial charge in [-0.25, -0.2) is 9.59 Å². The van der Waals surface area contributed by atoms with Gasteiger partial charge in [-0.3, -0.25) is 0 Å². The van der Waals surface area contributed by atoms with Gasteiger partial charge in [0.1, 0.15) is 0 Å². The van der Waals surface area contributed by atoms with Crippen LogP contribution in [0.2, 0.25) is 5.02 Å². The van der Waals surface area contributed by atoms with Crippen molar-refractivity contribution < 1.29 is 19.4 Å². The first kappa shape index (κ1) is 14.2. The fourth-order valence-corrected chi connectivity index (χ4v) is 2.95. The summed E-state index contributed by atoms with van der Waals surface area (Å²) < 4.78 is 5.67. The lowest BCUT2D eigenvalue weighted by Crippen LogP contribution is -2.47. The number of nitrogens with zero attached hydrogens (tertiary/aromatic N) is 1. The number of anilines is 1. The van der Waals surface area contributed by atoms with E-state index in [0.29, 0.717) is 18.1 Å². The van der Waals surface area contributed by atoms with Crippen molar-refractivity contribution in [3.05, 3.63) is 28.8 Å². The molecule has 1 aromatic carbocycles. The van der Waals surface area contributed by atoms with Crippen molar-refractivity contribution >= 4 is 29.3 Å². The van der Waals surface area contributed by atoms with Crippen LogP contribution in [-0.4, -0.2) is 47.3 Å². The third-order valence-corrected chi connectivity index (χ3v) is 4.02. The van der Waals surface area contributed by atoms with Crippen molar-refractivity contribution in [1.82, 2.24) is 4.90 Å². The first-order valence-electron chi connectivity index (χ1n) is 6.77. The van der Waals surface area contributed by atoms with Crippen LogP contribution in [0.1, 0.15) is 23.2 Å². The number of hydrogen-bond acceptors (Lipinski definition) is 3. The number of amides is 2. The molecule has 2 heterocycles. The van der Waals surface area contributed by atoms with Gasteiger partial charge >= 0.3 is 12.0 Å². The molecule has 6 nitrogen and oxygen atoms in total. The molecule has 2 aliphatic heterocycles. The molecule has 112 valence electrons. The Morgan fingerprint density at radius 2 is 1.95 bits per heavy atom. The van der Waals surface area contributed by atoms with Crippen molar-refractivity contribution in [3.63, 3.8) is 0 Å². The van der Waals surface area contributed by atoms with Gasteiger partial charge < -0.3 is 20.1 Å². The molecule has 0 radical (unpaired) electrons. The number of nitrogens with one attached hydrogen (secondary N) is 1. The monoisotopic (exact) mass is 310 g/mol. The van der Waals surface area contributed by atoms with Crippen molar-refractivity contribution in [2.45, 2.75) is 25.0 Å². The smallest absolute Gasteiger partial charge is 0.337 e. The number of aromatic carboxylic acids is 1. The maximum atomic E-state index is 12.3. The number of likely N-dealkylation sites (tertiary alicyclic amines) is 1. The van der Waals surface area contributed by atoms with E-state index in [2.05, 4.69) is 5.32 Å². The zero-order valence-electron chi connectivity index (χ0n) is 11.2. The summed E-state index contributed by atoms with van der Waals surface area (Å²) >= 11 is 5.79. The van der Waals surface area contributed by atoms with E-state index in [-0.39, 0.29) is 29.5 Å². The van der Waals surface area contributed by atoms with Gasteiger partial charge in [0.15, 0.2) is 0 Å². The predicted octanol–water partition coefficient (Wildman–Crippen LogP) is 2.43. The molecule has 0 spiro atoms. The van der Waals surface area contributed by atoms with Crippen molar-refractivity contribution in [2.24, 2.45) is 0 Å². The Labute approximate surface area is 126 Å². The Kier molecular flexibility index (Phi) is 3.73. The van der Waals surface area contributed by atoms with Gasteiger partial charge in [-0.05, 0) is 31.0 Å². The molecule has 0 aliphatic carbocycles. The molecule has 7 heteroatoms. The van der Waals surface area contributed by atoms with Crippen LogP contribution in [0.4, 0.5) is 10.5 Å². The molecule has 2 amide bonds. The van der Waals surface area contributed by atoms with Crippen LogP contribution in [0.25, 0.3) is 0 Å². The first-order valence-corrected chi connectivity index (χ1v) is 7.15. The summed E-state index contributed by atoms with van der Waals surface area (Å²) in [7, 11) is 0. The number of morpholine rings is 1. The maximum Gasteiger partial charge on any atom is 0.337 e. The quantitative estimate of drug-likeness (QED) is 0.879. The second kappa shape index (κ2) is 5.54. The number of halogens is 1. The fourth-order valence-electron chi connectivity index (χ4n) is 2.78. The molecule has 21 heavy (non-hydrogen) atoms. The van der Waals surface area contributed by atoms with E-state index in [1.54, 1.807) is 11.0 Å². The lowest BCUT2D eigenvalue weighted by molar-refractivity contribution is -0.0219. The zero-order valence-corrected chi connectivity index (χ0v) is 12.0. The van der Waals surface area contributed by atoms with E-state index in [1.165, 1.54) is 12.1 Å². The number of carboxylic acid groups (broad SMARTS) is 1. The number of rotatable bonds is 2. The third-order valence-electron chi connectivity index (χ3n) is 3.78. The minimum absolute atomic E-state index is 0.0212. The Morgan fingerprint density at radius 3 is 2.57 bits per heavy atom. The SMILES string of the molecule is O=C(O)c1cc(Cl)ccc1NC(=O)N1CC2CCC(C1)O2. The van der Waals surface area contributed by atoms with Crippen LogP contribution in [0, 0.1) is 0 Å². The van der Waals surface area contributed by atoms with Gasteiger partial charge in [0.05, 0.1) is 23.5 Å². The van der Waals surface area contributed by atoms with E-state index < -0.39 is 5.97 Å². The highest BCUT2D eigenvalue weighted by Crippen LogP contribution is 2.27. The molecule has 0 saturated carbocycles. The molecule has 3 rings (SSSR count). The molecule has 2 bridgehead atoms. The third kappa shape index (κ3) is 2.96. The summed E-state index contributed by atoms with van der Waals surface area (Å²) in [5, 5.41) is 12.1. The number of benzene rings is 1. The number of hydrogen-bond donors (Lipinski definition) is 2. The van der Waals surface area contributed by atoms with Crippen molar-refractivity contribution in [2.75, 3.05) is 18.4 Å². The Morgan fingerprint density at radius 1 is 1.29 bits per heavy atom. The lowest BCUT2D eigenvalue weighted by atomic mass is 10.2. The molecular weight excluding hydrogens is 296 g/mol. The van der Waals surface area contributed by atoms with Crippen LogP contribution in [0.5, 0.6) is 0 Å². The number of urea groups is 1. The molecule has 2 atom stereocenters. The molecule has 2 unspecified atom stereocenters. The van der Waals surface area contributed by atoms with Gasteiger partial charge in [0, 0.05) is 18.1 Å². The van der Waals surface area contributed by atoms with Crippen LogP contribution in [-0.2, 0) is 4.74 Å². The number of carboxylic acids is 1. The summed E-state index contributed by atoms with van der Waals surface area (Å²) in [6.45, 7) is 1.08. The normalized spacial score (nSPS) is 24.0. The van der Waals surface area contributed by atoms with Crippen LogP contribution in [0.15, 0.2) is 18.2 Å². The van der Waals surface area contributed by atoms with Gasteiger partial charge in [-0.15, -0.1) is 0 Å². The highest BCUT2D eigenvalue weighted by Gasteiger charge is 2.35. The minimum atomic E-state index is -1.13. The fraction of sp³-hybridized carbons (Fsp3) is 0.429. The van der Waals surface area contributed by atoms with Gasteiger partial charge in [-0.2, -0.15) is 0 Å². The predicted molar refractivity (Wildman–Crippen MR) is 76.9 cm³/mol. The largest absolute Gasteiger partial charge is 0.478 e. The summed E-state index contributed by atoms with van der Waals surface area (Å²) in [6.07, 6.45) is 2.13. The molecule has 2 saturated heterocycles. The number of carbonyl (C=O) groups is 2. The molecule has 1 aromatic rings. The average Bonchev–Trinajstić information content (AvgIpc) is 2.79. The average molecular weight is 311 g/mol. The summed E-state index contributed by atoms with van der Waals surface area (Å²) in [5.41, 5.74) is 0.225. The van der Waals surface area contributed by atoms with E-state index in [9.17, 15) is 9.59 Å². The van der Waals surface area contributed by atoms with Crippen LogP contribution in [0.3, 0.4) is 0 Å². The number of fused-ring (bicyclic) bond motifs is 2. The second-order valence-electron chi connectivity index (χ2n) is 5.29. The number of ether oxygens (including phenoxy) is 1. The van der Waals surface area contributed by atoms with E-state index in [0.717, 1.165) is 12.8 Å². The lowest BCUT2D eigenvalue weighted by Gasteiger charge is -2.32. The molecule has 2 aliphatic rings. The molecule has 0 aromatic heterocycles. The Balaban J connectivity index is 1.74. The topological polar surface area (TPSA) is 78.9 Å². The summed E-state index contributed by atoms with van der Waals surface area (Å²) in [4.78, 5) is 25.2. The minimum Gasteiger partial charge on any atom is -0.478 e. The highest BCUT2D eigenvalue weighted by atomic mass is 35.5. The Bertz CT molecular complexity index is 580. The van der Waals surface area contributed by atoms with Crippen LogP contribution < -0.4 is 5.32 Å². The summed E-state index contributed by atoms with van der Waals surface area (Å²) in [6, 6.07) is 4.06. The first-order chi connectivity index (χ1) is 10.0. The summed E-state index contributed by atoms with van der Waals surface area (Å²) in [5.74, 6) is -1.13. The molecular formula is C14H15ClN2O4. The van der Waals surface area contributed by atoms with E-state index in [1.807, 2.05) is 0 Å². The second-order valence-corrected chi connectivity index (χ2v) is 5.72. The molecule has 2 N–H and O–H groups in total. The van der Waals surface area contributed by atoms with E-state index in [4.69, 9.17) is 21.4 Å². The van der Waals surface area contributed by atoms with Crippen molar-refractivity contribution in [3.8, 4) is 0 Å². The highest BCUT2D eigenvalue weighted by molar-refractivity contribution is 6.31. The van der Waals surface area contributed by atoms with Crippen molar-refractivity contribution in [1.29, 1.82) is 0 Å². The van der Waals surface area contributed by atoms with E-state index >= 15 is 0 Å². The number of carbonyl (C=O) groups excluding carboxylic acids is 1. The molecule has 2 fully saturated rings.